The molecule has 0 radical (unpaired) electrons. The summed E-state index contributed by atoms with van der Waals surface area (Å²) in [5, 5.41) is 5.59. The predicted octanol–water partition coefficient (Wildman–Crippen LogP) is 2.56. The average molecular weight is 431 g/mol. The highest BCUT2D eigenvalue weighted by Gasteiger charge is 2.17. The summed E-state index contributed by atoms with van der Waals surface area (Å²) in [4.78, 5) is 24.4. The van der Waals surface area contributed by atoms with Crippen molar-refractivity contribution in [3.05, 3.63) is 48.5 Å². The summed E-state index contributed by atoms with van der Waals surface area (Å²) >= 11 is 0. The maximum Gasteiger partial charge on any atom is 0.260 e. The van der Waals surface area contributed by atoms with Crippen LogP contribution in [0.2, 0.25) is 0 Å². The van der Waals surface area contributed by atoms with Crippen molar-refractivity contribution in [2.75, 3.05) is 27.3 Å². The molecule has 0 aliphatic rings. The molecule has 0 fully saturated rings. The van der Waals surface area contributed by atoms with Crippen LogP contribution < -0.4 is 29.6 Å². The normalized spacial score (nSPS) is 12.3. The van der Waals surface area contributed by atoms with Crippen LogP contribution in [0.5, 0.6) is 23.0 Å². The molecule has 0 saturated heterocycles. The second-order valence-corrected chi connectivity index (χ2v) is 6.76. The van der Waals surface area contributed by atoms with Gasteiger partial charge in [-0.1, -0.05) is 24.3 Å². The molecule has 2 N–H and O–H groups in total. The van der Waals surface area contributed by atoms with E-state index < -0.39 is 12.2 Å². The monoisotopic (exact) mass is 430 g/mol. The molecule has 0 aliphatic heterocycles. The molecule has 0 saturated carbocycles. The van der Waals surface area contributed by atoms with Crippen molar-refractivity contribution in [2.45, 2.75) is 32.5 Å². The second-order valence-electron chi connectivity index (χ2n) is 6.76. The zero-order valence-electron chi connectivity index (χ0n) is 18.3. The standard InChI is InChI=1S/C23H30N2O6/c1-16(30-20-12-7-5-10-18(20)28-3)22(26)24-14-9-15-25-23(27)17(2)31-21-13-8-6-11-19(21)29-4/h5-8,10-13,16-17H,9,14-15H2,1-4H3,(H,24,26)(H,25,27). The molecule has 2 amide bonds. The topological polar surface area (TPSA) is 95.1 Å². The summed E-state index contributed by atoms with van der Waals surface area (Å²) < 4.78 is 21.8. The minimum atomic E-state index is -0.680. The van der Waals surface area contributed by atoms with Gasteiger partial charge in [-0.25, -0.2) is 0 Å². The number of carbonyl (C=O) groups is 2. The van der Waals surface area contributed by atoms with E-state index in [0.29, 0.717) is 42.5 Å². The fourth-order valence-corrected chi connectivity index (χ4v) is 2.72. The molecule has 8 heteroatoms. The molecule has 2 aromatic carbocycles. The summed E-state index contributed by atoms with van der Waals surface area (Å²) in [7, 11) is 3.09. The third-order valence-corrected chi connectivity index (χ3v) is 4.44. The highest BCUT2D eigenvalue weighted by molar-refractivity contribution is 5.81. The van der Waals surface area contributed by atoms with Gasteiger partial charge in [0.05, 0.1) is 14.2 Å². The van der Waals surface area contributed by atoms with E-state index in [-0.39, 0.29) is 11.8 Å². The fourth-order valence-electron chi connectivity index (χ4n) is 2.72. The molecule has 2 unspecified atom stereocenters. The molecule has 0 aliphatic carbocycles. The maximum atomic E-state index is 12.2. The number of ether oxygens (including phenoxy) is 4. The van der Waals surface area contributed by atoms with E-state index in [4.69, 9.17) is 18.9 Å². The number of nitrogens with one attached hydrogen (secondary N) is 2. The van der Waals surface area contributed by atoms with Gasteiger partial charge in [0.25, 0.3) is 11.8 Å². The van der Waals surface area contributed by atoms with E-state index in [1.165, 1.54) is 0 Å². The number of benzene rings is 2. The molecule has 2 atom stereocenters. The van der Waals surface area contributed by atoms with E-state index in [2.05, 4.69) is 10.6 Å². The van der Waals surface area contributed by atoms with Gasteiger partial charge in [-0.3, -0.25) is 9.59 Å². The Kier molecular flexibility index (Phi) is 9.48. The Morgan fingerprint density at radius 3 is 1.42 bits per heavy atom. The molecule has 31 heavy (non-hydrogen) atoms. The third kappa shape index (κ3) is 7.40. The molecule has 0 aromatic heterocycles. The highest BCUT2D eigenvalue weighted by atomic mass is 16.5. The third-order valence-electron chi connectivity index (χ3n) is 4.44. The van der Waals surface area contributed by atoms with Crippen LogP contribution >= 0.6 is 0 Å². The minimum Gasteiger partial charge on any atom is -0.493 e. The lowest BCUT2D eigenvalue weighted by atomic mass is 10.3. The Labute approximate surface area is 182 Å². The summed E-state index contributed by atoms with van der Waals surface area (Å²) in [5.74, 6) is 1.65. The van der Waals surface area contributed by atoms with Crippen molar-refractivity contribution < 1.29 is 28.5 Å². The summed E-state index contributed by atoms with van der Waals surface area (Å²) in [6, 6.07) is 14.3. The average Bonchev–Trinajstić information content (AvgIpc) is 2.79. The lowest BCUT2D eigenvalue weighted by Crippen LogP contribution is -2.40. The van der Waals surface area contributed by atoms with Crippen molar-refractivity contribution in [3.8, 4) is 23.0 Å². The largest absolute Gasteiger partial charge is 0.493 e. The van der Waals surface area contributed by atoms with Crippen LogP contribution in [-0.2, 0) is 9.59 Å². The van der Waals surface area contributed by atoms with E-state index in [0.717, 1.165) is 0 Å². The van der Waals surface area contributed by atoms with Gasteiger partial charge in [-0.05, 0) is 44.5 Å². The Hall–Kier alpha value is -3.42. The molecule has 2 aromatic rings. The first-order valence-electron chi connectivity index (χ1n) is 10.1. The van der Waals surface area contributed by atoms with Gasteiger partial charge in [-0.15, -0.1) is 0 Å². The van der Waals surface area contributed by atoms with Crippen LogP contribution in [0.25, 0.3) is 0 Å². The molecule has 168 valence electrons. The second kappa shape index (κ2) is 12.3. The number of hydrogen-bond acceptors (Lipinski definition) is 6. The van der Waals surface area contributed by atoms with Crippen LogP contribution in [0, 0.1) is 0 Å². The van der Waals surface area contributed by atoms with Crippen LogP contribution in [0.3, 0.4) is 0 Å². The quantitative estimate of drug-likeness (QED) is 0.503. The van der Waals surface area contributed by atoms with Crippen molar-refractivity contribution in [2.24, 2.45) is 0 Å². The van der Waals surface area contributed by atoms with E-state index >= 15 is 0 Å². The van der Waals surface area contributed by atoms with Crippen molar-refractivity contribution in [1.29, 1.82) is 0 Å². The van der Waals surface area contributed by atoms with Crippen LogP contribution in [0.15, 0.2) is 48.5 Å². The first-order valence-corrected chi connectivity index (χ1v) is 10.1. The Bertz CT molecular complexity index is 788. The lowest BCUT2D eigenvalue weighted by molar-refractivity contribution is -0.127. The van der Waals surface area contributed by atoms with Gasteiger partial charge < -0.3 is 29.6 Å². The van der Waals surface area contributed by atoms with Crippen LogP contribution in [-0.4, -0.2) is 51.3 Å². The first kappa shape index (κ1) is 23.9. The Morgan fingerprint density at radius 2 is 1.06 bits per heavy atom. The molecule has 2 rings (SSSR count). The molecule has 0 heterocycles. The van der Waals surface area contributed by atoms with Crippen molar-refractivity contribution in [1.82, 2.24) is 10.6 Å². The first-order chi connectivity index (χ1) is 15.0. The summed E-state index contributed by atoms with van der Waals surface area (Å²) in [5.41, 5.74) is 0. The van der Waals surface area contributed by atoms with Gasteiger partial charge in [0, 0.05) is 13.1 Å². The fraction of sp³-hybridized carbons (Fsp3) is 0.391. The van der Waals surface area contributed by atoms with Gasteiger partial charge in [0.2, 0.25) is 0 Å². The van der Waals surface area contributed by atoms with Crippen LogP contribution in [0.1, 0.15) is 20.3 Å². The number of amides is 2. The molecule has 0 bridgehead atoms. The summed E-state index contributed by atoms with van der Waals surface area (Å²) in [6.07, 6.45) is -0.791. The SMILES string of the molecule is COc1ccccc1OC(C)C(=O)NCCCNC(=O)C(C)Oc1ccccc1OC. The highest BCUT2D eigenvalue weighted by Crippen LogP contribution is 2.27. The summed E-state index contributed by atoms with van der Waals surface area (Å²) in [6.45, 7) is 4.14. The predicted molar refractivity (Wildman–Crippen MR) is 117 cm³/mol. The number of methoxy groups -OCH3 is 2. The molecular weight excluding hydrogens is 400 g/mol. The van der Waals surface area contributed by atoms with Gasteiger partial charge in [0.15, 0.2) is 35.2 Å². The smallest absolute Gasteiger partial charge is 0.260 e. The van der Waals surface area contributed by atoms with Crippen molar-refractivity contribution >= 4 is 11.8 Å². The molecule has 8 nitrogen and oxygen atoms in total. The minimum absolute atomic E-state index is 0.245. The van der Waals surface area contributed by atoms with E-state index in [1.54, 1.807) is 52.3 Å². The van der Waals surface area contributed by atoms with E-state index in [9.17, 15) is 9.59 Å². The molecular formula is C23H30N2O6. The number of hydrogen-bond donors (Lipinski definition) is 2. The maximum absolute atomic E-state index is 12.2. The lowest BCUT2D eigenvalue weighted by Gasteiger charge is -2.17. The zero-order valence-corrected chi connectivity index (χ0v) is 18.3. The van der Waals surface area contributed by atoms with Gasteiger partial charge in [0.1, 0.15) is 0 Å². The zero-order chi connectivity index (χ0) is 22.6. The van der Waals surface area contributed by atoms with E-state index in [1.807, 2.05) is 24.3 Å². The molecule has 0 spiro atoms. The number of carbonyl (C=O) groups excluding carboxylic acids is 2. The Morgan fingerprint density at radius 1 is 0.710 bits per heavy atom. The van der Waals surface area contributed by atoms with Gasteiger partial charge in [-0.2, -0.15) is 0 Å². The van der Waals surface area contributed by atoms with Crippen LogP contribution in [0.4, 0.5) is 0 Å². The van der Waals surface area contributed by atoms with Gasteiger partial charge >= 0.3 is 0 Å². The Balaban J connectivity index is 1.67. The number of rotatable bonds is 12. The number of para-hydroxylation sites is 4. The van der Waals surface area contributed by atoms with Crippen molar-refractivity contribution in [3.63, 3.8) is 0 Å².